The normalized spacial score (nSPS) is 13.9. The fourth-order valence-electron chi connectivity index (χ4n) is 3.79. The number of carbonyl (C=O) groups excluding carboxylic acids is 2. The lowest BCUT2D eigenvalue weighted by Gasteiger charge is -2.35. The zero-order valence-corrected chi connectivity index (χ0v) is 19.1. The van der Waals surface area contributed by atoms with Gasteiger partial charge in [-0.3, -0.25) is 19.5 Å². The lowest BCUT2D eigenvalue weighted by atomic mass is 10.2. The number of hydrogen-bond acceptors (Lipinski definition) is 7. The predicted octanol–water partition coefficient (Wildman–Crippen LogP) is 2.89. The highest BCUT2D eigenvalue weighted by molar-refractivity contribution is 6.05. The quantitative estimate of drug-likeness (QED) is 0.533. The van der Waals surface area contributed by atoms with Gasteiger partial charge in [0.1, 0.15) is 11.6 Å². The molecule has 0 saturated carbocycles. The Labute approximate surface area is 198 Å². The van der Waals surface area contributed by atoms with Gasteiger partial charge in [0.05, 0.1) is 19.0 Å². The van der Waals surface area contributed by atoms with E-state index in [4.69, 9.17) is 4.74 Å². The molecule has 1 aliphatic rings. The Hall–Kier alpha value is -3.98. The summed E-state index contributed by atoms with van der Waals surface area (Å²) in [7, 11) is 1.56. The van der Waals surface area contributed by atoms with Crippen LogP contribution in [0.15, 0.2) is 67.1 Å². The van der Waals surface area contributed by atoms with Crippen molar-refractivity contribution < 1.29 is 14.3 Å². The van der Waals surface area contributed by atoms with Crippen LogP contribution in [0.1, 0.15) is 16.8 Å². The molecule has 9 nitrogen and oxygen atoms in total. The van der Waals surface area contributed by atoms with E-state index in [1.54, 1.807) is 62.1 Å². The van der Waals surface area contributed by atoms with E-state index in [1.165, 1.54) is 0 Å². The minimum Gasteiger partial charge on any atom is -0.495 e. The number of nitrogens with one attached hydrogen (secondary N) is 2. The van der Waals surface area contributed by atoms with Crippen molar-refractivity contribution >= 4 is 29.0 Å². The molecule has 0 aliphatic carbocycles. The van der Waals surface area contributed by atoms with Crippen LogP contribution in [0.3, 0.4) is 0 Å². The van der Waals surface area contributed by atoms with Gasteiger partial charge in [-0.05, 0) is 36.4 Å². The number of para-hydroxylation sites is 2. The third-order valence-electron chi connectivity index (χ3n) is 5.69. The van der Waals surface area contributed by atoms with Crippen molar-refractivity contribution in [1.82, 2.24) is 14.9 Å². The Morgan fingerprint density at radius 2 is 1.74 bits per heavy atom. The Balaban J connectivity index is 1.21. The number of amides is 2. The molecule has 34 heavy (non-hydrogen) atoms. The van der Waals surface area contributed by atoms with Crippen LogP contribution in [-0.2, 0) is 4.79 Å². The maximum atomic E-state index is 12.5. The van der Waals surface area contributed by atoms with Gasteiger partial charge in [-0.15, -0.1) is 0 Å². The number of hydrogen-bond donors (Lipinski definition) is 2. The molecule has 2 aromatic carbocycles. The second-order valence-corrected chi connectivity index (χ2v) is 7.92. The first kappa shape index (κ1) is 23.2. The van der Waals surface area contributed by atoms with Crippen LogP contribution in [0.25, 0.3) is 0 Å². The van der Waals surface area contributed by atoms with Gasteiger partial charge < -0.3 is 20.3 Å². The van der Waals surface area contributed by atoms with Gasteiger partial charge >= 0.3 is 0 Å². The van der Waals surface area contributed by atoms with Gasteiger partial charge in [-0.25, -0.2) is 4.98 Å². The smallest absolute Gasteiger partial charge is 0.255 e. The summed E-state index contributed by atoms with van der Waals surface area (Å²) in [6.07, 6.45) is 5.55. The highest BCUT2D eigenvalue weighted by Gasteiger charge is 2.18. The largest absolute Gasteiger partial charge is 0.495 e. The van der Waals surface area contributed by atoms with Crippen molar-refractivity contribution in [2.24, 2.45) is 0 Å². The number of benzene rings is 2. The molecular formula is C25H28N6O3. The molecule has 0 spiro atoms. The molecular weight excluding hydrogens is 432 g/mol. The van der Waals surface area contributed by atoms with E-state index in [0.717, 1.165) is 32.0 Å². The average molecular weight is 461 g/mol. The van der Waals surface area contributed by atoms with E-state index in [1.807, 2.05) is 12.1 Å². The minimum absolute atomic E-state index is 0.0532. The molecule has 1 aromatic heterocycles. The van der Waals surface area contributed by atoms with Gasteiger partial charge in [-0.1, -0.05) is 12.1 Å². The van der Waals surface area contributed by atoms with Crippen LogP contribution < -0.4 is 20.3 Å². The summed E-state index contributed by atoms with van der Waals surface area (Å²) in [5, 5.41) is 5.74. The van der Waals surface area contributed by atoms with E-state index in [-0.39, 0.29) is 11.8 Å². The summed E-state index contributed by atoms with van der Waals surface area (Å²) in [6.45, 7) is 4.16. The molecule has 2 amide bonds. The molecule has 1 fully saturated rings. The van der Waals surface area contributed by atoms with Gasteiger partial charge in [0.15, 0.2) is 0 Å². The third-order valence-corrected chi connectivity index (χ3v) is 5.69. The Kier molecular flexibility index (Phi) is 7.67. The van der Waals surface area contributed by atoms with Crippen LogP contribution in [-0.4, -0.2) is 66.5 Å². The van der Waals surface area contributed by atoms with E-state index in [0.29, 0.717) is 35.7 Å². The topological polar surface area (TPSA) is 99.7 Å². The number of aromatic nitrogens is 2. The summed E-state index contributed by atoms with van der Waals surface area (Å²) in [5.41, 5.74) is 1.75. The van der Waals surface area contributed by atoms with Gasteiger partial charge in [0, 0.05) is 62.8 Å². The molecule has 1 saturated heterocycles. The van der Waals surface area contributed by atoms with Crippen LogP contribution in [0.4, 0.5) is 17.2 Å². The monoisotopic (exact) mass is 460 g/mol. The third kappa shape index (κ3) is 6.08. The molecule has 0 bridgehead atoms. The van der Waals surface area contributed by atoms with Crippen LogP contribution >= 0.6 is 0 Å². The number of rotatable bonds is 8. The summed E-state index contributed by atoms with van der Waals surface area (Å²) >= 11 is 0. The first-order chi connectivity index (χ1) is 16.6. The molecule has 4 rings (SSSR count). The van der Waals surface area contributed by atoms with E-state index in [9.17, 15) is 9.59 Å². The van der Waals surface area contributed by atoms with E-state index < -0.39 is 0 Å². The summed E-state index contributed by atoms with van der Waals surface area (Å²) in [6, 6.07) is 14.1. The average Bonchev–Trinajstić information content (AvgIpc) is 2.89. The van der Waals surface area contributed by atoms with Crippen LogP contribution in [0, 0.1) is 0 Å². The van der Waals surface area contributed by atoms with E-state index >= 15 is 0 Å². The molecule has 2 N–H and O–H groups in total. The maximum absolute atomic E-state index is 12.5. The molecule has 2 heterocycles. The zero-order chi connectivity index (χ0) is 23.8. The SMILES string of the molecule is COc1ccccc1NC(=O)c1ccc(NC(=O)CCN2CCN(c3cnccn3)CC2)cc1. The highest BCUT2D eigenvalue weighted by atomic mass is 16.5. The molecule has 0 atom stereocenters. The fourth-order valence-corrected chi connectivity index (χ4v) is 3.79. The number of piperazine rings is 1. The molecule has 9 heteroatoms. The van der Waals surface area contributed by atoms with Crippen molar-refractivity contribution in [2.45, 2.75) is 6.42 Å². The van der Waals surface area contributed by atoms with Crippen LogP contribution in [0.5, 0.6) is 5.75 Å². The van der Waals surface area contributed by atoms with Crippen molar-refractivity contribution in [3.8, 4) is 5.75 Å². The fraction of sp³-hybridized carbons (Fsp3) is 0.280. The lowest BCUT2D eigenvalue weighted by Crippen LogP contribution is -2.47. The summed E-state index contributed by atoms with van der Waals surface area (Å²) in [5.74, 6) is 1.18. The van der Waals surface area contributed by atoms with Gasteiger partial charge in [0.2, 0.25) is 5.91 Å². The molecule has 176 valence electrons. The molecule has 0 radical (unpaired) electrons. The second kappa shape index (κ2) is 11.2. The first-order valence-electron chi connectivity index (χ1n) is 11.2. The second-order valence-electron chi connectivity index (χ2n) is 7.92. The number of methoxy groups -OCH3 is 1. The summed E-state index contributed by atoms with van der Waals surface area (Å²) < 4.78 is 5.26. The Bertz CT molecular complexity index is 1100. The minimum atomic E-state index is -0.247. The molecule has 3 aromatic rings. The maximum Gasteiger partial charge on any atom is 0.255 e. The van der Waals surface area contributed by atoms with E-state index in [2.05, 4.69) is 30.4 Å². The molecule has 0 unspecified atom stereocenters. The van der Waals surface area contributed by atoms with Gasteiger partial charge in [0.25, 0.3) is 5.91 Å². The van der Waals surface area contributed by atoms with Crippen molar-refractivity contribution in [2.75, 3.05) is 55.4 Å². The number of nitrogens with zero attached hydrogens (tertiary/aromatic N) is 4. The number of carbonyl (C=O) groups is 2. The first-order valence-corrected chi connectivity index (χ1v) is 11.2. The number of ether oxygens (including phenoxy) is 1. The Morgan fingerprint density at radius 1 is 0.971 bits per heavy atom. The van der Waals surface area contributed by atoms with Crippen LogP contribution in [0.2, 0.25) is 0 Å². The predicted molar refractivity (Wildman–Crippen MR) is 131 cm³/mol. The van der Waals surface area contributed by atoms with Crippen molar-refractivity contribution in [1.29, 1.82) is 0 Å². The lowest BCUT2D eigenvalue weighted by molar-refractivity contribution is -0.116. The molecule has 1 aliphatic heterocycles. The van der Waals surface area contributed by atoms with Crippen molar-refractivity contribution in [3.05, 3.63) is 72.7 Å². The standard InChI is InChI=1S/C25H28N6O3/c1-34-22-5-3-2-4-21(22)29-25(33)19-6-8-20(9-7-19)28-24(32)10-13-30-14-16-31(17-15-30)23-18-26-11-12-27-23/h2-9,11-12,18H,10,13-17H2,1H3,(H,28,32)(H,29,33). The van der Waals surface area contributed by atoms with Crippen molar-refractivity contribution in [3.63, 3.8) is 0 Å². The van der Waals surface area contributed by atoms with Gasteiger partial charge in [-0.2, -0.15) is 0 Å². The zero-order valence-electron chi connectivity index (χ0n) is 19.1. The number of anilines is 3. The summed E-state index contributed by atoms with van der Waals surface area (Å²) in [4.78, 5) is 37.9. The Morgan fingerprint density at radius 3 is 2.44 bits per heavy atom. The highest BCUT2D eigenvalue weighted by Crippen LogP contribution is 2.24.